The summed E-state index contributed by atoms with van der Waals surface area (Å²) in [6.07, 6.45) is 2.62. The van der Waals surface area contributed by atoms with Gasteiger partial charge in [0.25, 0.3) is 10.1 Å². The molecule has 0 amide bonds. The molecule has 0 radical (unpaired) electrons. The lowest BCUT2D eigenvalue weighted by Gasteiger charge is -2.14. The molecule has 0 aromatic heterocycles. The van der Waals surface area contributed by atoms with E-state index in [1.807, 2.05) is 43.3 Å². The molecular weight excluding hydrogens is 364 g/mol. The van der Waals surface area contributed by atoms with Gasteiger partial charge in [0.05, 0.1) is 24.5 Å². The Morgan fingerprint density at radius 3 is 2.44 bits per heavy atom. The van der Waals surface area contributed by atoms with Crippen LogP contribution in [0.2, 0.25) is 0 Å². The van der Waals surface area contributed by atoms with Gasteiger partial charge in [-0.2, -0.15) is 8.42 Å². The SMILES string of the molecule is CCc1ccc(OCCCC(C)OS(C)(=O)=O)c(C(=O)c2ccccc2)c1. The number of benzene rings is 2. The van der Waals surface area contributed by atoms with Gasteiger partial charge in [-0.05, 0) is 43.9 Å². The molecule has 146 valence electrons. The van der Waals surface area contributed by atoms with E-state index in [9.17, 15) is 13.2 Å². The Kier molecular flexibility index (Phi) is 7.56. The van der Waals surface area contributed by atoms with Crippen LogP contribution >= 0.6 is 0 Å². The van der Waals surface area contributed by atoms with Crippen LogP contribution in [0.3, 0.4) is 0 Å². The highest BCUT2D eigenvalue weighted by Crippen LogP contribution is 2.24. The van der Waals surface area contributed by atoms with Gasteiger partial charge in [0.1, 0.15) is 5.75 Å². The normalized spacial score (nSPS) is 12.6. The summed E-state index contributed by atoms with van der Waals surface area (Å²) in [7, 11) is -3.45. The Hall–Kier alpha value is -2.18. The van der Waals surface area contributed by atoms with Crippen molar-refractivity contribution in [1.82, 2.24) is 0 Å². The molecule has 0 bridgehead atoms. The van der Waals surface area contributed by atoms with Crippen molar-refractivity contribution in [3.05, 3.63) is 65.2 Å². The van der Waals surface area contributed by atoms with Crippen molar-refractivity contribution in [3.63, 3.8) is 0 Å². The second-order valence-electron chi connectivity index (χ2n) is 6.48. The van der Waals surface area contributed by atoms with Crippen LogP contribution in [-0.2, 0) is 20.7 Å². The molecule has 0 N–H and O–H groups in total. The van der Waals surface area contributed by atoms with Gasteiger partial charge in [0.15, 0.2) is 5.78 Å². The van der Waals surface area contributed by atoms with E-state index in [0.717, 1.165) is 18.2 Å². The highest BCUT2D eigenvalue weighted by molar-refractivity contribution is 7.86. The molecule has 0 heterocycles. The van der Waals surface area contributed by atoms with Crippen LogP contribution in [0.4, 0.5) is 0 Å². The van der Waals surface area contributed by atoms with Crippen molar-refractivity contribution >= 4 is 15.9 Å². The standard InChI is InChI=1S/C21H26O5S/c1-4-17-12-13-20(25-14-8-9-16(2)26-27(3,23)24)19(15-17)21(22)18-10-6-5-7-11-18/h5-7,10-13,15-16H,4,8-9,14H2,1-3H3. The Bertz CT molecular complexity index is 859. The summed E-state index contributed by atoms with van der Waals surface area (Å²) in [5, 5.41) is 0. The Morgan fingerprint density at radius 2 is 1.81 bits per heavy atom. The number of carbonyl (C=O) groups excluding carboxylic acids is 1. The first kappa shape index (κ1) is 21.1. The Balaban J connectivity index is 2.05. The summed E-state index contributed by atoms with van der Waals surface area (Å²) in [5.74, 6) is 0.465. The monoisotopic (exact) mass is 390 g/mol. The van der Waals surface area contributed by atoms with Crippen LogP contribution in [-0.4, -0.2) is 33.2 Å². The van der Waals surface area contributed by atoms with E-state index in [4.69, 9.17) is 8.92 Å². The number of hydrogen-bond acceptors (Lipinski definition) is 5. The Morgan fingerprint density at radius 1 is 1.11 bits per heavy atom. The van der Waals surface area contributed by atoms with Crippen LogP contribution in [0.15, 0.2) is 48.5 Å². The molecule has 0 saturated carbocycles. The molecular formula is C21H26O5S. The molecule has 1 atom stereocenters. The third-order valence-electron chi connectivity index (χ3n) is 4.08. The molecule has 1 unspecified atom stereocenters. The maximum Gasteiger partial charge on any atom is 0.264 e. The molecule has 0 aliphatic carbocycles. The molecule has 0 aliphatic rings. The van der Waals surface area contributed by atoms with Crippen LogP contribution in [0, 0.1) is 0 Å². The van der Waals surface area contributed by atoms with E-state index in [2.05, 4.69) is 0 Å². The zero-order chi connectivity index (χ0) is 19.9. The van der Waals surface area contributed by atoms with Gasteiger partial charge in [0, 0.05) is 5.56 Å². The quantitative estimate of drug-likeness (QED) is 0.348. The van der Waals surface area contributed by atoms with Crippen LogP contribution in [0.1, 0.15) is 48.2 Å². The lowest BCUT2D eigenvalue weighted by Crippen LogP contribution is -2.15. The molecule has 0 saturated heterocycles. The van der Waals surface area contributed by atoms with Gasteiger partial charge in [-0.15, -0.1) is 0 Å². The molecule has 27 heavy (non-hydrogen) atoms. The highest BCUT2D eigenvalue weighted by Gasteiger charge is 2.16. The van der Waals surface area contributed by atoms with Gasteiger partial charge in [0.2, 0.25) is 0 Å². The average molecular weight is 391 g/mol. The van der Waals surface area contributed by atoms with E-state index in [-0.39, 0.29) is 5.78 Å². The number of ether oxygens (including phenoxy) is 1. The van der Waals surface area contributed by atoms with Gasteiger partial charge >= 0.3 is 0 Å². The van der Waals surface area contributed by atoms with Crippen molar-refractivity contribution in [3.8, 4) is 5.75 Å². The number of hydrogen-bond donors (Lipinski definition) is 0. The molecule has 2 aromatic rings. The molecule has 2 rings (SSSR count). The summed E-state index contributed by atoms with van der Waals surface area (Å²) < 4.78 is 33.0. The zero-order valence-corrected chi connectivity index (χ0v) is 16.8. The lowest BCUT2D eigenvalue weighted by atomic mass is 9.99. The summed E-state index contributed by atoms with van der Waals surface area (Å²) in [5.41, 5.74) is 2.23. The first-order chi connectivity index (χ1) is 12.8. The molecule has 2 aromatic carbocycles. The maximum atomic E-state index is 12.9. The van der Waals surface area contributed by atoms with Crippen LogP contribution in [0.5, 0.6) is 5.75 Å². The van der Waals surface area contributed by atoms with Crippen LogP contribution in [0.25, 0.3) is 0 Å². The highest BCUT2D eigenvalue weighted by atomic mass is 32.2. The fourth-order valence-corrected chi connectivity index (χ4v) is 3.44. The lowest BCUT2D eigenvalue weighted by molar-refractivity contribution is 0.103. The summed E-state index contributed by atoms with van der Waals surface area (Å²) in [6.45, 7) is 4.12. The summed E-state index contributed by atoms with van der Waals surface area (Å²) >= 11 is 0. The van der Waals surface area contributed by atoms with Crippen LogP contribution < -0.4 is 4.74 Å². The van der Waals surface area contributed by atoms with E-state index < -0.39 is 16.2 Å². The molecule has 6 heteroatoms. The van der Waals surface area contributed by atoms with Crippen molar-refractivity contribution in [1.29, 1.82) is 0 Å². The second-order valence-corrected chi connectivity index (χ2v) is 8.08. The minimum absolute atomic E-state index is 0.0744. The maximum absolute atomic E-state index is 12.9. The van der Waals surface area contributed by atoms with Crippen molar-refractivity contribution in [2.45, 2.75) is 39.2 Å². The average Bonchev–Trinajstić information content (AvgIpc) is 2.64. The molecule has 0 spiro atoms. The van der Waals surface area contributed by atoms with E-state index >= 15 is 0 Å². The third-order valence-corrected chi connectivity index (χ3v) is 4.76. The first-order valence-electron chi connectivity index (χ1n) is 9.04. The Labute approximate surface area is 161 Å². The molecule has 0 fully saturated rings. The van der Waals surface area contributed by atoms with Gasteiger partial charge in [-0.1, -0.05) is 43.3 Å². The predicted octanol–water partition coefficient (Wildman–Crippen LogP) is 4.00. The van der Waals surface area contributed by atoms with Gasteiger partial charge in [-0.3, -0.25) is 8.98 Å². The number of rotatable bonds is 10. The van der Waals surface area contributed by atoms with Crippen molar-refractivity contribution in [2.75, 3.05) is 12.9 Å². The van der Waals surface area contributed by atoms with E-state index in [1.54, 1.807) is 19.1 Å². The van der Waals surface area contributed by atoms with Crippen molar-refractivity contribution in [2.24, 2.45) is 0 Å². The first-order valence-corrected chi connectivity index (χ1v) is 10.9. The minimum atomic E-state index is -3.45. The number of ketones is 1. The summed E-state index contributed by atoms with van der Waals surface area (Å²) in [6, 6.07) is 14.8. The predicted molar refractivity (Wildman–Crippen MR) is 106 cm³/mol. The topological polar surface area (TPSA) is 69.7 Å². The largest absolute Gasteiger partial charge is 0.493 e. The number of carbonyl (C=O) groups is 1. The smallest absolute Gasteiger partial charge is 0.264 e. The summed E-state index contributed by atoms with van der Waals surface area (Å²) in [4.78, 5) is 12.9. The van der Waals surface area contributed by atoms with Crippen molar-refractivity contribution < 1.29 is 22.1 Å². The third kappa shape index (κ3) is 6.81. The number of aryl methyl sites for hydroxylation is 1. The minimum Gasteiger partial charge on any atom is -0.493 e. The fraction of sp³-hybridized carbons (Fsp3) is 0.381. The van der Waals surface area contributed by atoms with E-state index in [1.165, 1.54) is 0 Å². The van der Waals surface area contributed by atoms with Gasteiger partial charge in [-0.25, -0.2) is 0 Å². The fourth-order valence-electron chi connectivity index (χ4n) is 2.74. The molecule has 5 nitrogen and oxygen atoms in total. The zero-order valence-electron chi connectivity index (χ0n) is 16.0. The van der Waals surface area contributed by atoms with Gasteiger partial charge < -0.3 is 4.74 Å². The second kappa shape index (κ2) is 9.67. The molecule has 0 aliphatic heterocycles. The van der Waals surface area contributed by atoms with E-state index in [0.29, 0.717) is 36.3 Å².